The van der Waals surface area contributed by atoms with Crippen molar-refractivity contribution in [3.63, 3.8) is 0 Å². The first kappa shape index (κ1) is 19.7. The van der Waals surface area contributed by atoms with Crippen molar-refractivity contribution in [3.05, 3.63) is 57.0 Å². The maximum Gasteiger partial charge on any atom is 0.134 e. The Morgan fingerprint density at radius 2 is 2.11 bits per heavy atom. The van der Waals surface area contributed by atoms with E-state index in [4.69, 9.17) is 16.6 Å². The standard InChI is InChI=1S/C23H29ClFN3/c1-15(28-11-4-12-28)18(13-26-2)19-14-27-23(17(19)10-9-16-7-8-16)22-20(24)5-3-6-21(22)25/h3,5-6,16,26H,4,7-14H2,1-2H3/b18-15+. The normalized spacial score (nSPS) is 20.3. The molecule has 0 aromatic heterocycles. The molecule has 0 spiro atoms. The summed E-state index contributed by atoms with van der Waals surface area (Å²) in [5.74, 6) is 0.537. The summed E-state index contributed by atoms with van der Waals surface area (Å²) < 4.78 is 14.7. The van der Waals surface area contributed by atoms with Crippen LogP contribution in [-0.4, -0.2) is 43.8 Å². The summed E-state index contributed by atoms with van der Waals surface area (Å²) in [6, 6.07) is 4.90. The van der Waals surface area contributed by atoms with Gasteiger partial charge in [0, 0.05) is 25.3 Å². The molecule has 3 nitrogen and oxygen atoms in total. The summed E-state index contributed by atoms with van der Waals surface area (Å²) in [5.41, 5.74) is 6.35. The van der Waals surface area contributed by atoms with Crippen LogP contribution in [0, 0.1) is 11.7 Å². The Morgan fingerprint density at radius 1 is 1.32 bits per heavy atom. The first-order chi connectivity index (χ1) is 13.6. The van der Waals surface area contributed by atoms with Crippen LogP contribution in [0.4, 0.5) is 4.39 Å². The van der Waals surface area contributed by atoms with Crippen molar-refractivity contribution in [2.75, 3.05) is 33.2 Å². The topological polar surface area (TPSA) is 27.6 Å². The maximum absolute atomic E-state index is 14.7. The Morgan fingerprint density at radius 3 is 2.71 bits per heavy atom. The zero-order chi connectivity index (χ0) is 19.7. The largest absolute Gasteiger partial charge is 0.375 e. The van der Waals surface area contributed by atoms with E-state index in [0.717, 1.165) is 44.1 Å². The first-order valence-corrected chi connectivity index (χ1v) is 10.8. The molecule has 5 heteroatoms. The van der Waals surface area contributed by atoms with E-state index in [1.165, 1.54) is 47.7 Å². The van der Waals surface area contributed by atoms with Crippen LogP contribution in [0.2, 0.25) is 5.02 Å². The highest BCUT2D eigenvalue weighted by molar-refractivity contribution is 6.35. The summed E-state index contributed by atoms with van der Waals surface area (Å²) in [4.78, 5) is 7.25. The number of hydrogen-bond donors (Lipinski definition) is 1. The molecule has 0 radical (unpaired) electrons. The van der Waals surface area contributed by atoms with Gasteiger partial charge in [0.2, 0.25) is 0 Å². The minimum atomic E-state index is -0.282. The molecule has 2 heterocycles. The van der Waals surface area contributed by atoms with E-state index in [2.05, 4.69) is 17.1 Å². The lowest BCUT2D eigenvalue weighted by atomic mass is 9.90. The fourth-order valence-electron chi connectivity index (χ4n) is 4.22. The number of nitrogens with zero attached hydrogens (tertiary/aromatic N) is 2. The van der Waals surface area contributed by atoms with E-state index in [0.29, 0.717) is 17.1 Å². The molecule has 150 valence electrons. The summed E-state index contributed by atoms with van der Waals surface area (Å²) in [6.45, 7) is 5.87. The summed E-state index contributed by atoms with van der Waals surface area (Å²) in [6.07, 6.45) is 6.00. The predicted octanol–water partition coefficient (Wildman–Crippen LogP) is 4.97. The fraction of sp³-hybridized carbons (Fsp3) is 0.522. The van der Waals surface area contributed by atoms with Crippen LogP contribution in [0.15, 0.2) is 45.6 Å². The molecule has 3 aliphatic rings. The van der Waals surface area contributed by atoms with Gasteiger partial charge in [0.05, 0.1) is 22.8 Å². The first-order valence-electron chi connectivity index (χ1n) is 10.4. The van der Waals surface area contributed by atoms with Gasteiger partial charge in [-0.15, -0.1) is 0 Å². The average molecular weight is 402 g/mol. The predicted molar refractivity (Wildman–Crippen MR) is 115 cm³/mol. The van der Waals surface area contributed by atoms with E-state index in [9.17, 15) is 4.39 Å². The lowest BCUT2D eigenvalue weighted by Crippen LogP contribution is -2.37. The van der Waals surface area contributed by atoms with Crippen molar-refractivity contribution in [1.82, 2.24) is 10.2 Å². The Kier molecular flexibility index (Phi) is 5.88. The molecule has 4 rings (SSSR count). The molecule has 0 unspecified atom stereocenters. The second-order valence-electron chi connectivity index (χ2n) is 8.14. The molecule has 1 saturated carbocycles. The molecule has 0 atom stereocenters. The number of aliphatic imine (C=N–C) groups is 1. The van der Waals surface area contributed by atoms with Gasteiger partial charge in [-0.1, -0.05) is 30.5 Å². The highest BCUT2D eigenvalue weighted by Crippen LogP contribution is 2.39. The number of likely N-dealkylation sites (tertiary alicyclic amines) is 1. The zero-order valence-corrected chi connectivity index (χ0v) is 17.6. The van der Waals surface area contributed by atoms with Crippen molar-refractivity contribution in [1.29, 1.82) is 0 Å². The van der Waals surface area contributed by atoms with Crippen LogP contribution >= 0.6 is 11.6 Å². The van der Waals surface area contributed by atoms with Gasteiger partial charge in [-0.3, -0.25) is 4.99 Å². The smallest absolute Gasteiger partial charge is 0.134 e. The molecule has 1 N–H and O–H groups in total. The summed E-state index contributed by atoms with van der Waals surface area (Å²) in [5, 5.41) is 3.78. The van der Waals surface area contributed by atoms with E-state index >= 15 is 0 Å². The van der Waals surface area contributed by atoms with Crippen LogP contribution in [0.25, 0.3) is 0 Å². The van der Waals surface area contributed by atoms with Gasteiger partial charge in [0.1, 0.15) is 5.82 Å². The molecule has 1 aromatic rings. The highest BCUT2D eigenvalue weighted by Gasteiger charge is 2.30. The molecule has 28 heavy (non-hydrogen) atoms. The van der Waals surface area contributed by atoms with E-state index in [1.807, 2.05) is 7.05 Å². The molecular weight excluding hydrogens is 373 g/mol. The molecule has 1 saturated heterocycles. The Labute approximate surface area is 172 Å². The quantitative estimate of drug-likeness (QED) is 0.666. The Balaban J connectivity index is 1.76. The SMILES string of the molecule is CNC/C(C1=C(CCC2CC2)C(c2c(F)cccc2Cl)=NC1)=C(/C)N1CCC1. The number of rotatable bonds is 8. The van der Waals surface area contributed by atoms with Crippen LogP contribution in [0.5, 0.6) is 0 Å². The highest BCUT2D eigenvalue weighted by atomic mass is 35.5. The van der Waals surface area contributed by atoms with Gasteiger partial charge in [-0.05, 0) is 68.0 Å². The van der Waals surface area contributed by atoms with Crippen LogP contribution in [-0.2, 0) is 0 Å². The molecule has 1 aromatic carbocycles. The lowest BCUT2D eigenvalue weighted by molar-refractivity contribution is 0.236. The number of allylic oxidation sites excluding steroid dienone is 2. The van der Waals surface area contributed by atoms with E-state index in [-0.39, 0.29) is 5.82 Å². The number of halogens is 2. The number of nitrogens with one attached hydrogen (secondary N) is 1. The van der Waals surface area contributed by atoms with Crippen molar-refractivity contribution in [3.8, 4) is 0 Å². The second kappa shape index (κ2) is 8.38. The van der Waals surface area contributed by atoms with Crippen LogP contribution in [0.3, 0.4) is 0 Å². The lowest BCUT2D eigenvalue weighted by Gasteiger charge is -2.36. The van der Waals surface area contributed by atoms with Gasteiger partial charge in [0.15, 0.2) is 0 Å². The minimum Gasteiger partial charge on any atom is -0.375 e. The fourth-order valence-corrected chi connectivity index (χ4v) is 4.47. The molecule has 2 aliphatic heterocycles. The molecular formula is C23H29ClFN3. The number of benzene rings is 1. The Hall–Kier alpha value is -1.65. The van der Waals surface area contributed by atoms with Gasteiger partial charge in [0.25, 0.3) is 0 Å². The van der Waals surface area contributed by atoms with E-state index in [1.54, 1.807) is 12.1 Å². The van der Waals surface area contributed by atoms with Gasteiger partial charge in [-0.25, -0.2) is 4.39 Å². The average Bonchev–Trinajstić information content (AvgIpc) is 3.36. The maximum atomic E-state index is 14.7. The number of hydrogen-bond acceptors (Lipinski definition) is 3. The third kappa shape index (κ3) is 3.90. The number of likely N-dealkylation sites (N-methyl/N-ethyl adjacent to an activating group) is 1. The molecule has 1 aliphatic carbocycles. The van der Waals surface area contributed by atoms with Crippen LogP contribution in [0.1, 0.15) is 44.6 Å². The molecule has 0 amide bonds. The van der Waals surface area contributed by atoms with Gasteiger partial charge < -0.3 is 10.2 Å². The second-order valence-corrected chi connectivity index (χ2v) is 8.54. The summed E-state index contributed by atoms with van der Waals surface area (Å²) in [7, 11) is 1.98. The summed E-state index contributed by atoms with van der Waals surface area (Å²) >= 11 is 6.41. The third-order valence-electron chi connectivity index (χ3n) is 6.23. The van der Waals surface area contributed by atoms with Crippen molar-refractivity contribution >= 4 is 17.3 Å². The monoisotopic (exact) mass is 401 g/mol. The van der Waals surface area contributed by atoms with Crippen molar-refractivity contribution < 1.29 is 4.39 Å². The van der Waals surface area contributed by atoms with E-state index < -0.39 is 0 Å². The van der Waals surface area contributed by atoms with Crippen molar-refractivity contribution in [2.45, 2.75) is 39.0 Å². The molecule has 2 fully saturated rings. The third-order valence-corrected chi connectivity index (χ3v) is 6.54. The zero-order valence-electron chi connectivity index (χ0n) is 16.8. The van der Waals surface area contributed by atoms with Crippen LogP contribution < -0.4 is 5.32 Å². The Bertz CT molecular complexity index is 827. The van der Waals surface area contributed by atoms with Crippen molar-refractivity contribution in [2.24, 2.45) is 10.9 Å². The van der Waals surface area contributed by atoms with Gasteiger partial charge in [-0.2, -0.15) is 0 Å². The van der Waals surface area contributed by atoms with Gasteiger partial charge >= 0.3 is 0 Å². The molecule has 0 bridgehead atoms. The minimum absolute atomic E-state index is 0.282.